The highest BCUT2D eigenvalue weighted by atomic mass is 16.5. The predicted octanol–water partition coefficient (Wildman–Crippen LogP) is 2.81. The average Bonchev–Trinajstić information content (AvgIpc) is 3.24. The lowest BCUT2D eigenvalue weighted by Gasteiger charge is -2.41. The van der Waals surface area contributed by atoms with Gasteiger partial charge in [0.05, 0.1) is 19.5 Å². The second kappa shape index (κ2) is 8.33. The van der Waals surface area contributed by atoms with Crippen molar-refractivity contribution in [3.05, 3.63) is 48.5 Å². The zero-order chi connectivity index (χ0) is 17.8. The summed E-state index contributed by atoms with van der Waals surface area (Å²) in [7, 11) is 0. The topological polar surface area (TPSA) is 33.5 Å². The maximum atomic E-state index is 5.50. The van der Waals surface area contributed by atoms with Gasteiger partial charge in [0.1, 0.15) is 0 Å². The summed E-state index contributed by atoms with van der Waals surface area (Å²) in [6.45, 7) is 9.90. The summed E-state index contributed by atoms with van der Waals surface area (Å²) >= 11 is 0. The first-order chi connectivity index (χ1) is 12.8. The summed E-state index contributed by atoms with van der Waals surface area (Å²) in [5.74, 6) is 0.827. The van der Waals surface area contributed by atoms with Crippen LogP contribution < -0.4 is 0 Å². The molecule has 0 spiro atoms. The molecule has 5 nitrogen and oxygen atoms in total. The van der Waals surface area contributed by atoms with Gasteiger partial charge < -0.3 is 9.30 Å². The van der Waals surface area contributed by atoms with Crippen molar-refractivity contribution in [2.24, 2.45) is 5.92 Å². The van der Waals surface area contributed by atoms with Crippen LogP contribution in [0.1, 0.15) is 25.3 Å². The van der Waals surface area contributed by atoms with Crippen molar-refractivity contribution in [2.45, 2.75) is 32.4 Å². The fourth-order valence-corrected chi connectivity index (χ4v) is 4.32. The lowest BCUT2D eigenvalue weighted by Crippen LogP contribution is -2.48. The Morgan fingerprint density at radius 2 is 1.81 bits per heavy atom. The first kappa shape index (κ1) is 17.7. The number of likely N-dealkylation sites (tertiary alicyclic amines) is 1. The van der Waals surface area contributed by atoms with Crippen LogP contribution in [0.4, 0.5) is 0 Å². The molecule has 1 aromatic carbocycles. The summed E-state index contributed by atoms with van der Waals surface area (Å²) < 4.78 is 7.54. The second-order valence-electron chi connectivity index (χ2n) is 7.64. The highest BCUT2D eigenvalue weighted by Gasteiger charge is 2.28. The van der Waals surface area contributed by atoms with Crippen molar-refractivity contribution in [1.82, 2.24) is 19.4 Å². The van der Waals surface area contributed by atoms with Crippen LogP contribution >= 0.6 is 0 Å². The molecule has 5 heteroatoms. The molecule has 1 unspecified atom stereocenters. The molecule has 0 saturated carbocycles. The molecule has 2 aliphatic rings. The minimum absolute atomic E-state index is 0.690. The summed E-state index contributed by atoms with van der Waals surface area (Å²) in [4.78, 5) is 9.34. The predicted molar refractivity (Wildman–Crippen MR) is 103 cm³/mol. The van der Waals surface area contributed by atoms with Crippen molar-refractivity contribution in [2.75, 3.05) is 39.4 Å². The Morgan fingerprint density at radius 1 is 1.08 bits per heavy atom. The van der Waals surface area contributed by atoms with Crippen LogP contribution in [0.2, 0.25) is 0 Å². The number of hydrogen-bond acceptors (Lipinski definition) is 4. The van der Waals surface area contributed by atoms with Crippen molar-refractivity contribution < 1.29 is 4.74 Å². The Balaban J connectivity index is 1.27. The van der Waals surface area contributed by atoms with Gasteiger partial charge in [0.25, 0.3) is 0 Å². The molecule has 0 aliphatic carbocycles. The minimum Gasteiger partial charge on any atom is -0.379 e. The summed E-state index contributed by atoms with van der Waals surface area (Å²) in [6, 6.07) is 9.56. The first-order valence-corrected chi connectivity index (χ1v) is 9.91. The number of imidazole rings is 1. The number of hydrogen-bond donors (Lipinski definition) is 0. The van der Waals surface area contributed by atoms with Crippen molar-refractivity contribution in [3.63, 3.8) is 0 Å². The lowest BCUT2D eigenvalue weighted by molar-refractivity contribution is -0.00192. The molecule has 1 aromatic heterocycles. The molecule has 140 valence electrons. The van der Waals surface area contributed by atoms with E-state index in [0.717, 1.165) is 38.8 Å². The van der Waals surface area contributed by atoms with Gasteiger partial charge in [-0.25, -0.2) is 4.98 Å². The van der Waals surface area contributed by atoms with Crippen LogP contribution in [0.25, 0.3) is 5.69 Å². The summed E-state index contributed by atoms with van der Waals surface area (Å²) in [5.41, 5.74) is 2.57. The van der Waals surface area contributed by atoms with Gasteiger partial charge in [-0.3, -0.25) is 9.80 Å². The molecular formula is C21H30N4O. The van der Waals surface area contributed by atoms with Gasteiger partial charge in [0.15, 0.2) is 0 Å². The van der Waals surface area contributed by atoms with Crippen LogP contribution in [0.5, 0.6) is 0 Å². The zero-order valence-electron chi connectivity index (χ0n) is 15.8. The molecule has 2 saturated heterocycles. The van der Waals surface area contributed by atoms with Crippen LogP contribution in [-0.4, -0.2) is 64.8 Å². The fraction of sp³-hybridized carbons (Fsp3) is 0.571. The van der Waals surface area contributed by atoms with Gasteiger partial charge in [0.2, 0.25) is 0 Å². The Kier molecular flexibility index (Phi) is 5.68. The van der Waals surface area contributed by atoms with Crippen molar-refractivity contribution in [1.29, 1.82) is 0 Å². The molecule has 0 radical (unpaired) electrons. The van der Waals surface area contributed by atoms with Gasteiger partial charge in [-0.2, -0.15) is 0 Å². The highest BCUT2D eigenvalue weighted by Crippen LogP contribution is 2.25. The van der Waals surface area contributed by atoms with E-state index < -0.39 is 0 Å². The molecule has 2 aromatic rings. The highest BCUT2D eigenvalue weighted by molar-refractivity contribution is 5.34. The Bertz CT molecular complexity index is 656. The van der Waals surface area contributed by atoms with Crippen LogP contribution in [0.15, 0.2) is 43.0 Å². The number of morpholine rings is 1. The monoisotopic (exact) mass is 354 g/mol. The maximum absolute atomic E-state index is 5.50. The molecule has 2 fully saturated rings. The fourth-order valence-electron chi connectivity index (χ4n) is 4.32. The minimum atomic E-state index is 0.690. The quantitative estimate of drug-likeness (QED) is 0.827. The maximum Gasteiger partial charge on any atom is 0.0991 e. The molecule has 2 aliphatic heterocycles. The smallest absolute Gasteiger partial charge is 0.0991 e. The molecule has 1 atom stereocenters. The van der Waals surface area contributed by atoms with E-state index in [-0.39, 0.29) is 0 Å². The summed E-state index contributed by atoms with van der Waals surface area (Å²) in [6.07, 6.45) is 8.26. The van der Waals surface area contributed by atoms with Crippen LogP contribution in [0, 0.1) is 5.92 Å². The number of benzene rings is 1. The Morgan fingerprint density at radius 3 is 2.46 bits per heavy atom. The van der Waals surface area contributed by atoms with Gasteiger partial charge in [-0.15, -0.1) is 0 Å². The third-order valence-electron chi connectivity index (χ3n) is 6.08. The van der Waals surface area contributed by atoms with E-state index >= 15 is 0 Å². The normalized spacial score (nSPS) is 21.7. The average molecular weight is 354 g/mol. The van der Waals surface area contributed by atoms with E-state index in [1.54, 1.807) is 0 Å². The van der Waals surface area contributed by atoms with E-state index in [1.807, 2.05) is 23.3 Å². The molecule has 4 rings (SSSR count). The van der Waals surface area contributed by atoms with E-state index in [4.69, 9.17) is 4.74 Å². The number of piperidine rings is 1. The van der Waals surface area contributed by atoms with Gasteiger partial charge in [-0.1, -0.05) is 12.1 Å². The standard InChI is InChI=1S/C21H30N4O/c1-18(24-12-14-26-15-13-24)20-6-9-23(10-7-20)16-19-2-4-21(5-3-19)25-11-8-22-17-25/h2-5,8,11,17-18,20H,6-7,9-10,12-16H2,1H3. The van der Waals surface area contributed by atoms with Crippen LogP contribution in [0.3, 0.4) is 0 Å². The third kappa shape index (κ3) is 4.17. The van der Waals surface area contributed by atoms with Crippen LogP contribution in [-0.2, 0) is 11.3 Å². The number of nitrogens with zero attached hydrogens (tertiary/aromatic N) is 4. The lowest BCUT2D eigenvalue weighted by atomic mass is 9.89. The zero-order valence-corrected chi connectivity index (χ0v) is 15.8. The largest absolute Gasteiger partial charge is 0.379 e. The van der Waals surface area contributed by atoms with E-state index in [1.165, 1.54) is 37.2 Å². The number of aromatic nitrogens is 2. The first-order valence-electron chi connectivity index (χ1n) is 9.91. The van der Waals surface area contributed by atoms with Crippen molar-refractivity contribution in [3.8, 4) is 5.69 Å². The molecule has 0 amide bonds. The van der Waals surface area contributed by atoms with Gasteiger partial charge in [-0.05, 0) is 56.5 Å². The molecule has 26 heavy (non-hydrogen) atoms. The molecule has 0 N–H and O–H groups in total. The SMILES string of the molecule is CC(C1CCN(Cc2ccc(-n3ccnc3)cc2)CC1)N1CCOCC1. The van der Waals surface area contributed by atoms with Gasteiger partial charge >= 0.3 is 0 Å². The molecular weight excluding hydrogens is 324 g/mol. The molecule has 3 heterocycles. The number of ether oxygens (including phenoxy) is 1. The number of rotatable bonds is 5. The van der Waals surface area contributed by atoms with E-state index in [2.05, 4.69) is 46.0 Å². The van der Waals surface area contributed by atoms with E-state index in [9.17, 15) is 0 Å². The van der Waals surface area contributed by atoms with Crippen molar-refractivity contribution >= 4 is 0 Å². The Hall–Kier alpha value is -1.69. The van der Waals surface area contributed by atoms with Gasteiger partial charge in [0, 0.05) is 43.8 Å². The Labute approximate surface area is 156 Å². The second-order valence-corrected chi connectivity index (χ2v) is 7.64. The summed E-state index contributed by atoms with van der Waals surface area (Å²) in [5, 5.41) is 0. The third-order valence-corrected chi connectivity index (χ3v) is 6.08. The molecule has 0 bridgehead atoms. The van der Waals surface area contributed by atoms with E-state index in [0.29, 0.717) is 6.04 Å².